The lowest BCUT2D eigenvalue weighted by molar-refractivity contribution is -0.144. The number of aromatic amines is 1. The lowest BCUT2D eigenvalue weighted by Crippen LogP contribution is -2.57. The molecule has 12 nitrogen and oxygen atoms in total. The van der Waals surface area contributed by atoms with E-state index in [2.05, 4.69) is 15.6 Å². The number of nitrogens with two attached hydrogens (primary N) is 1. The molecule has 1 aromatic heterocycles. The summed E-state index contributed by atoms with van der Waals surface area (Å²) < 4.78 is 0. The first kappa shape index (κ1) is 29.3. The molecule has 1 fully saturated rings. The molecule has 0 radical (unpaired) electrons. The van der Waals surface area contributed by atoms with Gasteiger partial charge in [-0.05, 0) is 30.0 Å². The first-order valence-corrected chi connectivity index (χ1v) is 13.3. The Kier molecular flexibility index (Phi) is 9.35. The van der Waals surface area contributed by atoms with Crippen LogP contribution in [-0.4, -0.2) is 80.5 Å². The quantitative estimate of drug-likeness (QED) is 0.186. The molecular weight excluding hydrogens is 530 g/mol. The first-order chi connectivity index (χ1) is 19.6. The van der Waals surface area contributed by atoms with Gasteiger partial charge in [-0.25, -0.2) is 4.79 Å². The van der Waals surface area contributed by atoms with Gasteiger partial charge in [-0.3, -0.25) is 19.2 Å². The molecule has 0 saturated carbocycles. The third-order valence-electron chi connectivity index (χ3n) is 7.18. The Balaban J connectivity index is 1.51. The Morgan fingerprint density at radius 1 is 0.951 bits per heavy atom. The summed E-state index contributed by atoms with van der Waals surface area (Å²) in [6.07, 6.45) is 2.05. The minimum atomic E-state index is -1.30. The van der Waals surface area contributed by atoms with Crippen LogP contribution in [0.25, 0.3) is 10.9 Å². The van der Waals surface area contributed by atoms with Crippen molar-refractivity contribution in [1.29, 1.82) is 0 Å². The number of aromatic nitrogens is 1. The zero-order valence-corrected chi connectivity index (χ0v) is 22.3. The van der Waals surface area contributed by atoms with Gasteiger partial charge in [-0.1, -0.05) is 48.5 Å². The van der Waals surface area contributed by atoms with Crippen LogP contribution in [0, 0.1) is 0 Å². The molecule has 4 unspecified atom stereocenters. The number of carbonyl (C=O) groups is 5. The van der Waals surface area contributed by atoms with E-state index in [9.17, 15) is 29.1 Å². The van der Waals surface area contributed by atoms with Crippen LogP contribution in [0.2, 0.25) is 0 Å². The second-order valence-electron chi connectivity index (χ2n) is 10.1. The van der Waals surface area contributed by atoms with Crippen LogP contribution in [0.4, 0.5) is 0 Å². The Hall–Kier alpha value is -4.71. The molecule has 41 heavy (non-hydrogen) atoms. The van der Waals surface area contributed by atoms with E-state index in [0.29, 0.717) is 12.8 Å². The number of H-pyrrole nitrogens is 1. The van der Waals surface area contributed by atoms with E-state index in [1.165, 1.54) is 4.90 Å². The number of carbonyl (C=O) groups excluding carboxylic acids is 3. The Bertz CT molecular complexity index is 1420. The fourth-order valence-corrected chi connectivity index (χ4v) is 5.11. The number of fused-ring (bicyclic) bond motifs is 1. The summed E-state index contributed by atoms with van der Waals surface area (Å²) in [7, 11) is 0. The number of likely N-dealkylation sites (tertiary alicyclic amines) is 1. The predicted molar refractivity (Wildman–Crippen MR) is 149 cm³/mol. The average Bonchev–Trinajstić information content (AvgIpc) is 3.60. The molecule has 0 bridgehead atoms. The average molecular weight is 564 g/mol. The van der Waals surface area contributed by atoms with Gasteiger partial charge < -0.3 is 36.5 Å². The molecule has 0 aliphatic carbocycles. The van der Waals surface area contributed by atoms with E-state index in [1.54, 1.807) is 36.5 Å². The number of nitrogens with zero attached hydrogens (tertiary/aromatic N) is 1. The number of aliphatic carboxylic acids is 2. The first-order valence-electron chi connectivity index (χ1n) is 13.3. The highest BCUT2D eigenvalue weighted by atomic mass is 16.4. The maximum atomic E-state index is 13.5. The van der Waals surface area contributed by atoms with E-state index >= 15 is 0 Å². The zero-order valence-electron chi connectivity index (χ0n) is 22.3. The number of benzene rings is 2. The molecule has 4 atom stereocenters. The van der Waals surface area contributed by atoms with Gasteiger partial charge in [0.2, 0.25) is 17.7 Å². The molecule has 4 rings (SSSR count). The van der Waals surface area contributed by atoms with E-state index in [0.717, 1.165) is 22.0 Å². The summed E-state index contributed by atoms with van der Waals surface area (Å²) in [5, 5.41) is 25.0. The summed E-state index contributed by atoms with van der Waals surface area (Å²) >= 11 is 0. The second-order valence-corrected chi connectivity index (χ2v) is 10.1. The highest BCUT2D eigenvalue weighted by molar-refractivity contribution is 5.95. The smallest absolute Gasteiger partial charge is 0.326 e. The topological polar surface area (TPSA) is 195 Å². The normalized spacial score (nSPS) is 17.0. The predicted octanol–water partition coefficient (Wildman–Crippen LogP) is 0.800. The number of para-hydroxylation sites is 1. The Labute approximate surface area is 235 Å². The Morgan fingerprint density at radius 2 is 1.66 bits per heavy atom. The van der Waals surface area contributed by atoms with Crippen LogP contribution in [0.1, 0.15) is 30.4 Å². The largest absolute Gasteiger partial charge is 0.481 e. The van der Waals surface area contributed by atoms with Gasteiger partial charge in [0.15, 0.2) is 0 Å². The van der Waals surface area contributed by atoms with Crippen LogP contribution >= 0.6 is 0 Å². The molecular formula is C29H33N5O7. The van der Waals surface area contributed by atoms with Gasteiger partial charge in [0.05, 0.1) is 12.5 Å². The molecule has 2 heterocycles. The molecule has 3 amide bonds. The van der Waals surface area contributed by atoms with Crippen molar-refractivity contribution in [2.45, 2.75) is 56.3 Å². The van der Waals surface area contributed by atoms with Crippen LogP contribution in [0.15, 0.2) is 60.8 Å². The summed E-state index contributed by atoms with van der Waals surface area (Å²) in [4.78, 5) is 67.2. The van der Waals surface area contributed by atoms with Crippen molar-refractivity contribution in [2.75, 3.05) is 6.54 Å². The standard InChI is InChI=1S/C29H33N5O7/c30-20(15-25(35)36)28(39)34-12-6-11-24(34)27(38)32-22(13-17-7-2-1-3-8-17)26(37)33-23(29(40)41)14-18-16-31-21-10-5-4-9-19(18)21/h1-5,7-10,16,20,22-24,31H,6,11-15,30H2,(H,32,38)(H,33,37)(H,35,36)(H,40,41). The van der Waals surface area contributed by atoms with Crippen LogP contribution in [-0.2, 0) is 36.8 Å². The van der Waals surface area contributed by atoms with Crippen molar-refractivity contribution in [1.82, 2.24) is 20.5 Å². The van der Waals surface area contributed by atoms with Gasteiger partial charge in [-0.15, -0.1) is 0 Å². The molecule has 12 heteroatoms. The molecule has 2 aromatic carbocycles. The molecule has 7 N–H and O–H groups in total. The molecule has 3 aromatic rings. The molecule has 216 valence electrons. The van der Waals surface area contributed by atoms with E-state index < -0.39 is 60.2 Å². The van der Waals surface area contributed by atoms with Crippen molar-refractivity contribution in [3.63, 3.8) is 0 Å². The van der Waals surface area contributed by atoms with Crippen molar-refractivity contribution in [3.05, 3.63) is 71.9 Å². The third kappa shape index (κ3) is 7.28. The van der Waals surface area contributed by atoms with Crippen molar-refractivity contribution >= 4 is 40.6 Å². The number of carboxylic acid groups (broad SMARTS) is 2. The highest BCUT2D eigenvalue weighted by Crippen LogP contribution is 2.21. The van der Waals surface area contributed by atoms with E-state index in [-0.39, 0.29) is 19.4 Å². The fourth-order valence-electron chi connectivity index (χ4n) is 5.11. The van der Waals surface area contributed by atoms with E-state index in [1.807, 2.05) is 24.3 Å². The van der Waals surface area contributed by atoms with Crippen molar-refractivity contribution < 1.29 is 34.2 Å². The summed E-state index contributed by atoms with van der Waals surface area (Å²) in [6.45, 7) is 0.228. The number of amides is 3. The highest BCUT2D eigenvalue weighted by Gasteiger charge is 2.38. The van der Waals surface area contributed by atoms with Crippen LogP contribution in [0.5, 0.6) is 0 Å². The van der Waals surface area contributed by atoms with Gasteiger partial charge in [-0.2, -0.15) is 0 Å². The lowest BCUT2D eigenvalue weighted by atomic mass is 10.0. The molecule has 1 saturated heterocycles. The Morgan fingerprint density at radius 3 is 2.37 bits per heavy atom. The van der Waals surface area contributed by atoms with Crippen molar-refractivity contribution in [2.24, 2.45) is 5.73 Å². The number of nitrogens with one attached hydrogen (secondary N) is 3. The van der Waals surface area contributed by atoms with Crippen molar-refractivity contribution in [3.8, 4) is 0 Å². The third-order valence-corrected chi connectivity index (χ3v) is 7.18. The maximum absolute atomic E-state index is 13.5. The number of rotatable bonds is 12. The maximum Gasteiger partial charge on any atom is 0.326 e. The van der Waals surface area contributed by atoms with E-state index in [4.69, 9.17) is 10.8 Å². The molecule has 1 aliphatic heterocycles. The SMILES string of the molecule is NC(CC(=O)O)C(=O)N1CCCC1C(=O)NC(Cc1ccccc1)C(=O)NC(Cc1c[nH]c2ccccc12)C(=O)O. The minimum Gasteiger partial charge on any atom is -0.481 e. The van der Waals surface area contributed by atoms with Gasteiger partial charge in [0.25, 0.3) is 0 Å². The minimum absolute atomic E-state index is 0.0173. The number of hydrogen-bond acceptors (Lipinski definition) is 6. The van der Waals surface area contributed by atoms with Gasteiger partial charge in [0.1, 0.15) is 18.1 Å². The van der Waals surface area contributed by atoms with Crippen LogP contribution < -0.4 is 16.4 Å². The second kappa shape index (κ2) is 13.1. The van der Waals surface area contributed by atoms with Gasteiger partial charge in [0, 0.05) is 36.5 Å². The monoisotopic (exact) mass is 563 g/mol. The lowest BCUT2D eigenvalue weighted by Gasteiger charge is -2.28. The number of hydrogen-bond donors (Lipinski definition) is 6. The summed E-state index contributed by atoms with van der Waals surface area (Å²) in [5.41, 5.74) is 8.05. The van der Waals surface area contributed by atoms with Crippen LogP contribution in [0.3, 0.4) is 0 Å². The fraction of sp³-hybridized carbons (Fsp3) is 0.345. The zero-order chi connectivity index (χ0) is 29.5. The molecule has 0 spiro atoms. The summed E-state index contributed by atoms with van der Waals surface area (Å²) in [5.74, 6) is -4.40. The number of carboxylic acids is 2. The van der Waals surface area contributed by atoms with Gasteiger partial charge >= 0.3 is 11.9 Å². The molecule has 1 aliphatic rings. The summed E-state index contributed by atoms with van der Waals surface area (Å²) in [6, 6.07) is 11.7.